The summed E-state index contributed by atoms with van der Waals surface area (Å²) in [5.41, 5.74) is 9.26. The molecule has 0 aliphatic rings. The van der Waals surface area contributed by atoms with E-state index in [1.54, 1.807) is 0 Å². The summed E-state index contributed by atoms with van der Waals surface area (Å²) < 4.78 is 6.05. The van der Waals surface area contributed by atoms with Crippen LogP contribution in [0.1, 0.15) is 29.7 Å². The fourth-order valence-corrected chi connectivity index (χ4v) is 2.02. The molecule has 2 rings (SSSR count). The SMILES string of the molecule is Cc1cccc(C)c1Oc1ccccc1C(C)N. The van der Waals surface area contributed by atoms with Crippen molar-refractivity contribution in [2.75, 3.05) is 0 Å². The van der Waals surface area contributed by atoms with Crippen molar-refractivity contribution in [3.8, 4) is 11.5 Å². The van der Waals surface area contributed by atoms with Crippen molar-refractivity contribution in [2.24, 2.45) is 5.73 Å². The predicted molar refractivity (Wildman–Crippen MR) is 75.0 cm³/mol. The molecule has 0 aromatic heterocycles. The Morgan fingerprint density at radius 2 is 1.56 bits per heavy atom. The Labute approximate surface area is 108 Å². The lowest BCUT2D eigenvalue weighted by Crippen LogP contribution is -2.06. The molecule has 0 saturated heterocycles. The highest BCUT2D eigenvalue weighted by molar-refractivity contribution is 5.45. The standard InChI is InChI=1S/C16H19NO/c1-11-7-6-8-12(2)16(11)18-15-10-5-4-9-14(15)13(3)17/h4-10,13H,17H2,1-3H3. The van der Waals surface area contributed by atoms with Gasteiger partial charge in [0.2, 0.25) is 0 Å². The number of hydrogen-bond acceptors (Lipinski definition) is 2. The fourth-order valence-electron chi connectivity index (χ4n) is 2.02. The van der Waals surface area contributed by atoms with Crippen LogP contribution in [0.25, 0.3) is 0 Å². The summed E-state index contributed by atoms with van der Waals surface area (Å²) in [6.45, 7) is 6.07. The average molecular weight is 241 g/mol. The molecule has 94 valence electrons. The number of para-hydroxylation sites is 2. The van der Waals surface area contributed by atoms with E-state index in [-0.39, 0.29) is 6.04 Å². The van der Waals surface area contributed by atoms with E-state index in [1.165, 1.54) is 0 Å². The second kappa shape index (κ2) is 5.23. The summed E-state index contributed by atoms with van der Waals surface area (Å²) in [4.78, 5) is 0. The zero-order valence-electron chi connectivity index (χ0n) is 11.1. The summed E-state index contributed by atoms with van der Waals surface area (Å²) in [6.07, 6.45) is 0. The molecule has 2 N–H and O–H groups in total. The molecule has 2 heteroatoms. The largest absolute Gasteiger partial charge is 0.456 e. The van der Waals surface area contributed by atoms with Crippen LogP contribution in [0.2, 0.25) is 0 Å². The molecule has 0 saturated carbocycles. The summed E-state index contributed by atoms with van der Waals surface area (Å²) in [5.74, 6) is 1.76. The Hall–Kier alpha value is -1.80. The van der Waals surface area contributed by atoms with Gasteiger partial charge in [-0.2, -0.15) is 0 Å². The zero-order chi connectivity index (χ0) is 13.1. The van der Waals surface area contributed by atoms with Crippen LogP contribution in [0, 0.1) is 13.8 Å². The van der Waals surface area contributed by atoms with Gasteiger partial charge in [-0.15, -0.1) is 0 Å². The molecule has 0 amide bonds. The quantitative estimate of drug-likeness (QED) is 0.877. The molecule has 0 aliphatic carbocycles. The minimum Gasteiger partial charge on any atom is -0.456 e. The van der Waals surface area contributed by atoms with Gasteiger partial charge in [0.1, 0.15) is 11.5 Å². The maximum absolute atomic E-state index is 6.05. The third kappa shape index (κ3) is 2.54. The first-order chi connectivity index (χ1) is 8.59. The third-order valence-corrected chi connectivity index (χ3v) is 3.03. The van der Waals surface area contributed by atoms with Gasteiger partial charge in [0.25, 0.3) is 0 Å². The molecule has 0 bridgehead atoms. The zero-order valence-corrected chi connectivity index (χ0v) is 11.1. The predicted octanol–water partition coefficient (Wildman–Crippen LogP) is 4.12. The maximum Gasteiger partial charge on any atom is 0.133 e. The van der Waals surface area contributed by atoms with Gasteiger partial charge >= 0.3 is 0 Å². The summed E-state index contributed by atoms with van der Waals surface area (Å²) in [7, 11) is 0. The Balaban J connectivity index is 2.40. The molecule has 0 aliphatic heterocycles. The Morgan fingerprint density at radius 1 is 0.944 bits per heavy atom. The van der Waals surface area contributed by atoms with E-state index in [9.17, 15) is 0 Å². The van der Waals surface area contributed by atoms with Crippen molar-refractivity contribution in [3.63, 3.8) is 0 Å². The normalized spacial score (nSPS) is 12.2. The van der Waals surface area contributed by atoms with Gasteiger partial charge in [-0.05, 0) is 38.0 Å². The molecule has 2 nitrogen and oxygen atoms in total. The molecule has 2 aromatic rings. The minimum atomic E-state index is -0.0366. The lowest BCUT2D eigenvalue weighted by molar-refractivity contribution is 0.465. The number of ether oxygens (including phenoxy) is 1. The van der Waals surface area contributed by atoms with Crippen LogP contribution in [0.15, 0.2) is 42.5 Å². The van der Waals surface area contributed by atoms with Crippen molar-refractivity contribution in [1.82, 2.24) is 0 Å². The lowest BCUT2D eigenvalue weighted by Gasteiger charge is -2.16. The van der Waals surface area contributed by atoms with Crippen molar-refractivity contribution in [1.29, 1.82) is 0 Å². The second-order valence-electron chi connectivity index (χ2n) is 4.65. The molecule has 18 heavy (non-hydrogen) atoms. The maximum atomic E-state index is 6.05. The van der Waals surface area contributed by atoms with Crippen LogP contribution in [0.5, 0.6) is 11.5 Å². The van der Waals surface area contributed by atoms with Crippen molar-refractivity contribution in [3.05, 3.63) is 59.2 Å². The van der Waals surface area contributed by atoms with Gasteiger partial charge in [0, 0.05) is 11.6 Å². The topological polar surface area (TPSA) is 35.2 Å². The molecule has 0 fully saturated rings. The van der Waals surface area contributed by atoms with Crippen molar-refractivity contribution >= 4 is 0 Å². The molecule has 0 spiro atoms. The van der Waals surface area contributed by atoms with E-state index in [0.717, 1.165) is 28.2 Å². The fraction of sp³-hybridized carbons (Fsp3) is 0.250. The van der Waals surface area contributed by atoms with Crippen LogP contribution in [0.3, 0.4) is 0 Å². The van der Waals surface area contributed by atoms with Gasteiger partial charge in [0.15, 0.2) is 0 Å². The highest BCUT2D eigenvalue weighted by atomic mass is 16.5. The molecular formula is C16H19NO. The van der Waals surface area contributed by atoms with Crippen LogP contribution in [-0.2, 0) is 0 Å². The van der Waals surface area contributed by atoms with E-state index < -0.39 is 0 Å². The smallest absolute Gasteiger partial charge is 0.133 e. The number of aryl methyl sites for hydroxylation is 2. The van der Waals surface area contributed by atoms with Crippen LogP contribution >= 0.6 is 0 Å². The average Bonchev–Trinajstić information content (AvgIpc) is 2.34. The molecule has 1 atom stereocenters. The van der Waals surface area contributed by atoms with Gasteiger partial charge in [-0.25, -0.2) is 0 Å². The summed E-state index contributed by atoms with van der Waals surface area (Å²) in [6, 6.07) is 14.0. The Morgan fingerprint density at radius 3 is 2.17 bits per heavy atom. The highest BCUT2D eigenvalue weighted by Gasteiger charge is 2.10. The van der Waals surface area contributed by atoms with Crippen molar-refractivity contribution in [2.45, 2.75) is 26.8 Å². The van der Waals surface area contributed by atoms with Crippen LogP contribution in [0.4, 0.5) is 0 Å². The molecule has 1 unspecified atom stereocenters. The van der Waals surface area contributed by atoms with E-state index >= 15 is 0 Å². The number of benzene rings is 2. The first-order valence-corrected chi connectivity index (χ1v) is 6.18. The lowest BCUT2D eigenvalue weighted by atomic mass is 10.1. The first kappa shape index (κ1) is 12.7. The van der Waals surface area contributed by atoms with Gasteiger partial charge in [-0.3, -0.25) is 0 Å². The monoisotopic (exact) mass is 241 g/mol. The summed E-state index contributed by atoms with van der Waals surface area (Å²) >= 11 is 0. The van der Waals surface area contributed by atoms with Crippen LogP contribution in [-0.4, -0.2) is 0 Å². The number of nitrogens with two attached hydrogens (primary N) is 1. The second-order valence-corrected chi connectivity index (χ2v) is 4.65. The molecule has 0 heterocycles. The van der Waals surface area contributed by atoms with E-state index in [0.29, 0.717) is 0 Å². The highest BCUT2D eigenvalue weighted by Crippen LogP contribution is 2.32. The molecular weight excluding hydrogens is 222 g/mol. The summed E-state index contributed by atoms with van der Waals surface area (Å²) in [5, 5.41) is 0. The van der Waals surface area contributed by atoms with E-state index in [2.05, 4.69) is 26.0 Å². The van der Waals surface area contributed by atoms with E-state index in [4.69, 9.17) is 10.5 Å². The molecule has 2 aromatic carbocycles. The van der Waals surface area contributed by atoms with Gasteiger partial charge < -0.3 is 10.5 Å². The van der Waals surface area contributed by atoms with Gasteiger partial charge in [-0.1, -0.05) is 36.4 Å². The van der Waals surface area contributed by atoms with Crippen LogP contribution < -0.4 is 10.5 Å². The Kier molecular flexibility index (Phi) is 3.68. The Bertz CT molecular complexity index is 526. The molecule has 0 radical (unpaired) electrons. The third-order valence-electron chi connectivity index (χ3n) is 3.03. The number of rotatable bonds is 3. The first-order valence-electron chi connectivity index (χ1n) is 6.18. The van der Waals surface area contributed by atoms with E-state index in [1.807, 2.05) is 37.3 Å². The number of hydrogen-bond donors (Lipinski definition) is 1. The van der Waals surface area contributed by atoms with Crippen molar-refractivity contribution < 1.29 is 4.74 Å². The minimum absolute atomic E-state index is 0.0366. The van der Waals surface area contributed by atoms with Gasteiger partial charge in [0.05, 0.1) is 0 Å².